The van der Waals surface area contributed by atoms with Crippen LogP contribution in [0.5, 0.6) is 5.75 Å². The minimum absolute atomic E-state index is 0.0174. The lowest BCUT2D eigenvalue weighted by atomic mass is 10.0. The van der Waals surface area contributed by atoms with Gasteiger partial charge in [-0.05, 0) is 24.1 Å². The number of carbonyl (C=O) groups excluding carboxylic acids is 1. The lowest BCUT2D eigenvalue weighted by molar-refractivity contribution is 0.0998. The molecule has 0 aliphatic heterocycles. The molecule has 0 spiro atoms. The molecule has 0 saturated heterocycles. The van der Waals surface area contributed by atoms with Gasteiger partial charge in [-0.3, -0.25) is 4.79 Å². The number of hydrogen-bond acceptors (Lipinski definition) is 3. The normalized spacial score (nSPS) is 9.93. The van der Waals surface area contributed by atoms with E-state index in [1.807, 2.05) is 25.1 Å². The number of methoxy groups -OCH3 is 1. The van der Waals surface area contributed by atoms with Crippen LogP contribution >= 0.6 is 0 Å². The summed E-state index contributed by atoms with van der Waals surface area (Å²) in [6, 6.07) is 5.60. The highest BCUT2D eigenvalue weighted by Crippen LogP contribution is 2.20. The maximum atomic E-state index is 11.5. The molecular weight excluding hydrogens is 178 g/mol. The maximum absolute atomic E-state index is 11.5. The SMILES string of the molecule is CCc1ccc(OC)c(C(=O)CN)c1. The van der Waals surface area contributed by atoms with Crippen molar-refractivity contribution in [3.05, 3.63) is 29.3 Å². The van der Waals surface area contributed by atoms with E-state index in [4.69, 9.17) is 10.5 Å². The molecule has 3 heteroatoms. The van der Waals surface area contributed by atoms with Crippen LogP contribution in [0.15, 0.2) is 18.2 Å². The summed E-state index contributed by atoms with van der Waals surface area (Å²) >= 11 is 0. The van der Waals surface area contributed by atoms with Crippen LogP contribution in [0.25, 0.3) is 0 Å². The molecule has 1 rings (SSSR count). The van der Waals surface area contributed by atoms with Gasteiger partial charge in [0.15, 0.2) is 5.78 Å². The number of ether oxygens (including phenoxy) is 1. The smallest absolute Gasteiger partial charge is 0.180 e. The van der Waals surface area contributed by atoms with Gasteiger partial charge in [0.05, 0.1) is 19.2 Å². The summed E-state index contributed by atoms with van der Waals surface area (Å²) in [6.07, 6.45) is 0.898. The molecule has 3 nitrogen and oxygen atoms in total. The van der Waals surface area contributed by atoms with Gasteiger partial charge >= 0.3 is 0 Å². The first-order valence-electron chi connectivity index (χ1n) is 4.63. The van der Waals surface area contributed by atoms with Crippen molar-refractivity contribution in [2.45, 2.75) is 13.3 Å². The van der Waals surface area contributed by atoms with Crippen molar-refractivity contribution < 1.29 is 9.53 Å². The second-order valence-corrected chi connectivity index (χ2v) is 3.02. The zero-order chi connectivity index (χ0) is 10.6. The summed E-state index contributed by atoms with van der Waals surface area (Å²) in [5.74, 6) is 0.509. The monoisotopic (exact) mass is 193 g/mol. The Labute approximate surface area is 83.9 Å². The van der Waals surface area contributed by atoms with Gasteiger partial charge in [0.25, 0.3) is 0 Å². The zero-order valence-corrected chi connectivity index (χ0v) is 8.54. The van der Waals surface area contributed by atoms with E-state index in [1.54, 1.807) is 7.11 Å². The van der Waals surface area contributed by atoms with E-state index in [0.717, 1.165) is 12.0 Å². The fraction of sp³-hybridized carbons (Fsp3) is 0.364. The summed E-state index contributed by atoms with van der Waals surface area (Å²) in [6.45, 7) is 2.06. The molecule has 2 N–H and O–H groups in total. The molecule has 76 valence electrons. The van der Waals surface area contributed by atoms with Crippen molar-refractivity contribution in [3.63, 3.8) is 0 Å². The minimum atomic E-state index is -0.0860. The van der Waals surface area contributed by atoms with Gasteiger partial charge in [-0.25, -0.2) is 0 Å². The van der Waals surface area contributed by atoms with Crippen LogP contribution in [0.4, 0.5) is 0 Å². The highest BCUT2D eigenvalue weighted by atomic mass is 16.5. The summed E-state index contributed by atoms with van der Waals surface area (Å²) in [7, 11) is 1.55. The third kappa shape index (κ3) is 2.12. The predicted molar refractivity (Wildman–Crippen MR) is 55.8 cm³/mol. The number of ketones is 1. The summed E-state index contributed by atoms with van der Waals surface area (Å²) in [5.41, 5.74) is 7.01. The van der Waals surface area contributed by atoms with Crippen molar-refractivity contribution in [1.82, 2.24) is 0 Å². The van der Waals surface area contributed by atoms with E-state index < -0.39 is 0 Å². The molecule has 0 aromatic heterocycles. The third-order valence-electron chi connectivity index (χ3n) is 2.16. The number of aryl methyl sites for hydroxylation is 1. The molecule has 0 saturated carbocycles. The van der Waals surface area contributed by atoms with E-state index in [9.17, 15) is 4.79 Å². The molecule has 0 aliphatic rings. The Kier molecular flexibility index (Phi) is 3.65. The fourth-order valence-corrected chi connectivity index (χ4v) is 1.30. The molecule has 0 bridgehead atoms. The van der Waals surface area contributed by atoms with E-state index >= 15 is 0 Å². The minimum Gasteiger partial charge on any atom is -0.496 e. The van der Waals surface area contributed by atoms with Gasteiger partial charge in [-0.2, -0.15) is 0 Å². The Hall–Kier alpha value is -1.35. The molecule has 0 heterocycles. The second kappa shape index (κ2) is 4.77. The standard InChI is InChI=1S/C11H15NO2/c1-3-8-4-5-11(14-2)9(6-8)10(13)7-12/h4-6H,3,7,12H2,1-2H3. The number of nitrogens with two attached hydrogens (primary N) is 1. The second-order valence-electron chi connectivity index (χ2n) is 3.02. The topological polar surface area (TPSA) is 52.3 Å². The van der Waals surface area contributed by atoms with Gasteiger partial charge in [0, 0.05) is 0 Å². The number of rotatable bonds is 4. The van der Waals surface area contributed by atoms with Crippen molar-refractivity contribution >= 4 is 5.78 Å². The molecule has 0 radical (unpaired) electrons. The Morgan fingerprint density at radius 2 is 2.21 bits per heavy atom. The molecule has 0 unspecified atom stereocenters. The molecule has 0 aliphatic carbocycles. The molecular formula is C11H15NO2. The quantitative estimate of drug-likeness (QED) is 0.735. The zero-order valence-electron chi connectivity index (χ0n) is 8.54. The summed E-state index contributed by atoms with van der Waals surface area (Å²) < 4.78 is 5.09. The molecule has 1 aromatic rings. The van der Waals surface area contributed by atoms with Gasteiger partial charge in [-0.1, -0.05) is 13.0 Å². The van der Waals surface area contributed by atoms with Crippen LogP contribution < -0.4 is 10.5 Å². The molecule has 1 aromatic carbocycles. The number of Topliss-reactive ketones (excluding diaryl/α,β-unsaturated/α-hetero) is 1. The van der Waals surface area contributed by atoms with Gasteiger partial charge in [0.2, 0.25) is 0 Å². The number of benzene rings is 1. The van der Waals surface area contributed by atoms with Crippen molar-refractivity contribution in [1.29, 1.82) is 0 Å². The van der Waals surface area contributed by atoms with E-state index in [2.05, 4.69) is 0 Å². The van der Waals surface area contributed by atoms with Crippen LogP contribution in [-0.4, -0.2) is 19.4 Å². The maximum Gasteiger partial charge on any atom is 0.180 e. The summed E-state index contributed by atoms with van der Waals surface area (Å²) in [5, 5.41) is 0. The first-order chi connectivity index (χ1) is 6.72. The lowest BCUT2D eigenvalue weighted by Crippen LogP contribution is -2.14. The predicted octanol–water partition coefficient (Wildman–Crippen LogP) is 1.40. The van der Waals surface area contributed by atoms with Crippen molar-refractivity contribution in [2.75, 3.05) is 13.7 Å². The van der Waals surface area contributed by atoms with E-state index in [-0.39, 0.29) is 12.3 Å². The van der Waals surface area contributed by atoms with Gasteiger partial charge < -0.3 is 10.5 Å². The van der Waals surface area contributed by atoms with Crippen LogP contribution in [0.2, 0.25) is 0 Å². The molecule has 0 atom stereocenters. The fourth-order valence-electron chi connectivity index (χ4n) is 1.30. The summed E-state index contributed by atoms with van der Waals surface area (Å²) in [4.78, 5) is 11.5. The molecule has 14 heavy (non-hydrogen) atoms. The Bertz CT molecular complexity index is 334. The molecule has 0 amide bonds. The Balaban J connectivity index is 3.14. The number of carbonyl (C=O) groups is 1. The van der Waals surface area contributed by atoms with E-state index in [1.165, 1.54) is 0 Å². The van der Waals surface area contributed by atoms with Crippen LogP contribution in [0.1, 0.15) is 22.8 Å². The van der Waals surface area contributed by atoms with Crippen LogP contribution in [0, 0.1) is 0 Å². The first-order valence-corrected chi connectivity index (χ1v) is 4.63. The van der Waals surface area contributed by atoms with Crippen molar-refractivity contribution in [2.24, 2.45) is 5.73 Å². The third-order valence-corrected chi connectivity index (χ3v) is 2.16. The van der Waals surface area contributed by atoms with Crippen molar-refractivity contribution in [3.8, 4) is 5.75 Å². The van der Waals surface area contributed by atoms with E-state index in [0.29, 0.717) is 11.3 Å². The average molecular weight is 193 g/mol. The average Bonchev–Trinajstić information content (AvgIpc) is 2.27. The number of hydrogen-bond donors (Lipinski definition) is 1. The van der Waals surface area contributed by atoms with Gasteiger partial charge in [0.1, 0.15) is 5.75 Å². The Morgan fingerprint density at radius 3 is 2.71 bits per heavy atom. The lowest BCUT2D eigenvalue weighted by Gasteiger charge is -2.08. The Morgan fingerprint density at radius 1 is 1.50 bits per heavy atom. The van der Waals surface area contributed by atoms with Crippen LogP contribution in [-0.2, 0) is 6.42 Å². The highest BCUT2D eigenvalue weighted by Gasteiger charge is 2.10. The first kappa shape index (κ1) is 10.7. The molecule has 0 fully saturated rings. The van der Waals surface area contributed by atoms with Gasteiger partial charge in [-0.15, -0.1) is 0 Å². The van der Waals surface area contributed by atoms with Crippen LogP contribution in [0.3, 0.4) is 0 Å². The highest BCUT2D eigenvalue weighted by molar-refractivity contribution is 6.00. The largest absolute Gasteiger partial charge is 0.496 e.